The molecule has 1 nitrogen and oxygen atoms in total. The van der Waals surface area contributed by atoms with E-state index in [2.05, 4.69) is 58.9 Å². The molecule has 0 saturated heterocycles. The van der Waals surface area contributed by atoms with E-state index in [9.17, 15) is 0 Å². The van der Waals surface area contributed by atoms with Crippen molar-refractivity contribution >= 4 is 0 Å². The van der Waals surface area contributed by atoms with Crippen LogP contribution in [0.1, 0.15) is 234 Å². The zero-order valence-corrected chi connectivity index (χ0v) is 33.1. The molecule has 0 bridgehead atoms. The summed E-state index contributed by atoms with van der Waals surface area (Å²) in [7, 11) is 0. The van der Waals surface area contributed by atoms with Crippen molar-refractivity contribution in [2.75, 3.05) is 26.2 Å². The van der Waals surface area contributed by atoms with E-state index < -0.39 is 0 Å². The van der Waals surface area contributed by atoms with E-state index in [4.69, 9.17) is 0 Å². The first-order chi connectivity index (χ1) is 22.7. The summed E-state index contributed by atoms with van der Waals surface area (Å²) in [5, 5.41) is 0. The van der Waals surface area contributed by atoms with Gasteiger partial charge in [0.15, 0.2) is 0 Å². The van der Waals surface area contributed by atoms with Crippen molar-refractivity contribution in [1.29, 1.82) is 0 Å². The number of unbranched alkanes of at least 4 members (excludes halogenated alkanes) is 24. The average Bonchev–Trinajstić information content (AvgIpc) is 3.08. The van der Waals surface area contributed by atoms with Crippen LogP contribution in [0.3, 0.4) is 0 Å². The molecule has 0 rings (SSSR count). The van der Waals surface area contributed by atoms with Gasteiger partial charge in [0.1, 0.15) is 0 Å². The number of quaternary nitrogens is 1. The highest BCUT2D eigenvalue weighted by molar-refractivity contribution is 4.82. The third-order valence-electron chi connectivity index (χ3n) is 11.3. The summed E-state index contributed by atoms with van der Waals surface area (Å²) in [6, 6.07) is 0. The molecule has 0 N–H and O–H groups in total. The van der Waals surface area contributed by atoms with Crippen LogP contribution in [0.4, 0.5) is 0 Å². The lowest BCUT2D eigenvalue weighted by atomic mass is 9.91. The molecule has 0 amide bonds. The minimum atomic E-state index is 0.968. The molecule has 0 aromatic rings. The Bertz CT molecular complexity index is 564. The minimum absolute atomic E-state index is 0.968. The molecule has 46 heavy (non-hydrogen) atoms. The van der Waals surface area contributed by atoms with Gasteiger partial charge in [-0.3, -0.25) is 0 Å². The Labute approximate surface area is 293 Å². The standard InChI is InChI=1S/C45H90N/c1-6-11-13-15-17-19-21-23-25-27-29-31-33-35-37-39-41-45(43-44-46(8-3,9-4)10-5)42-40-38-36-34-32-30-28-26-24-22-20-18-16-14-12-7-2/h23-26,45H,6-22,27-44H2,1-5H3/q+1/b25-23-,26-24-. The molecular weight excluding hydrogens is 555 g/mol. The van der Waals surface area contributed by atoms with Crippen LogP contribution in [0, 0.1) is 5.92 Å². The topological polar surface area (TPSA) is 0 Å². The third-order valence-corrected chi connectivity index (χ3v) is 11.3. The zero-order chi connectivity index (χ0) is 33.7. The van der Waals surface area contributed by atoms with Crippen LogP contribution in [0.5, 0.6) is 0 Å². The number of hydrogen-bond donors (Lipinski definition) is 0. The van der Waals surface area contributed by atoms with E-state index in [-0.39, 0.29) is 0 Å². The lowest BCUT2D eigenvalue weighted by molar-refractivity contribution is -0.923. The van der Waals surface area contributed by atoms with Crippen molar-refractivity contribution in [2.24, 2.45) is 5.92 Å². The Hall–Kier alpha value is -0.560. The van der Waals surface area contributed by atoms with Crippen LogP contribution in [0.2, 0.25) is 0 Å². The van der Waals surface area contributed by atoms with Gasteiger partial charge in [0.2, 0.25) is 0 Å². The normalized spacial score (nSPS) is 12.5. The van der Waals surface area contributed by atoms with Gasteiger partial charge < -0.3 is 4.48 Å². The number of rotatable bonds is 38. The second-order valence-electron chi connectivity index (χ2n) is 15.1. The van der Waals surface area contributed by atoms with Crippen LogP contribution in [-0.4, -0.2) is 30.7 Å². The Morgan fingerprint density at radius 1 is 0.326 bits per heavy atom. The lowest BCUT2D eigenvalue weighted by Crippen LogP contribution is -2.48. The molecule has 1 heteroatoms. The molecule has 0 aromatic carbocycles. The van der Waals surface area contributed by atoms with Crippen molar-refractivity contribution in [3.05, 3.63) is 24.3 Å². The van der Waals surface area contributed by atoms with Crippen LogP contribution >= 0.6 is 0 Å². The van der Waals surface area contributed by atoms with Gasteiger partial charge in [0.25, 0.3) is 0 Å². The predicted octanol–water partition coefficient (Wildman–Crippen LogP) is 15.7. The second-order valence-corrected chi connectivity index (χ2v) is 15.1. The van der Waals surface area contributed by atoms with E-state index in [1.807, 2.05) is 0 Å². The van der Waals surface area contributed by atoms with Crippen LogP contribution in [0.15, 0.2) is 24.3 Å². The lowest BCUT2D eigenvalue weighted by Gasteiger charge is -2.37. The second kappa shape index (κ2) is 37.3. The molecule has 0 fully saturated rings. The van der Waals surface area contributed by atoms with Gasteiger partial charge in [-0.25, -0.2) is 0 Å². The molecule has 0 heterocycles. The van der Waals surface area contributed by atoms with Gasteiger partial charge in [-0.2, -0.15) is 0 Å². The fourth-order valence-corrected chi connectivity index (χ4v) is 7.40. The highest BCUT2D eigenvalue weighted by Crippen LogP contribution is 2.24. The van der Waals surface area contributed by atoms with E-state index in [0.29, 0.717) is 0 Å². The maximum Gasteiger partial charge on any atom is 0.0789 e. The maximum absolute atomic E-state index is 2.47. The van der Waals surface area contributed by atoms with Crippen LogP contribution in [-0.2, 0) is 0 Å². The molecule has 0 aliphatic heterocycles. The van der Waals surface area contributed by atoms with Gasteiger partial charge in [-0.1, -0.05) is 179 Å². The van der Waals surface area contributed by atoms with E-state index in [1.165, 1.54) is 230 Å². The van der Waals surface area contributed by atoms with Crippen LogP contribution < -0.4 is 0 Å². The molecule has 0 atom stereocenters. The Morgan fingerprint density at radius 2 is 0.609 bits per heavy atom. The minimum Gasteiger partial charge on any atom is -0.324 e. The van der Waals surface area contributed by atoms with Gasteiger partial charge in [0.05, 0.1) is 26.2 Å². The van der Waals surface area contributed by atoms with Gasteiger partial charge in [0, 0.05) is 0 Å². The van der Waals surface area contributed by atoms with Crippen molar-refractivity contribution in [3.63, 3.8) is 0 Å². The molecule has 0 saturated carbocycles. The third kappa shape index (κ3) is 30.8. The van der Waals surface area contributed by atoms with E-state index >= 15 is 0 Å². The van der Waals surface area contributed by atoms with Crippen molar-refractivity contribution in [1.82, 2.24) is 0 Å². The van der Waals surface area contributed by atoms with Crippen molar-refractivity contribution < 1.29 is 4.48 Å². The van der Waals surface area contributed by atoms with E-state index in [1.54, 1.807) is 0 Å². The summed E-state index contributed by atoms with van der Waals surface area (Å²) < 4.78 is 1.33. The Balaban J connectivity index is 4.01. The zero-order valence-electron chi connectivity index (χ0n) is 33.1. The SMILES string of the molecule is CCCCCCCC/C=C\CCCCCCCCC(CCCCCCCC/C=C\CCCCCCCC)CC[N+](CC)(CC)CC. The summed E-state index contributed by atoms with van der Waals surface area (Å²) in [4.78, 5) is 0. The number of allylic oxidation sites excluding steroid dienone is 4. The first kappa shape index (κ1) is 45.4. The summed E-state index contributed by atoms with van der Waals surface area (Å²) in [6.07, 6.45) is 53.8. The summed E-state index contributed by atoms with van der Waals surface area (Å²) in [5.41, 5.74) is 0. The summed E-state index contributed by atoms with van der Waals surface area (Å²) in [5.74, 6) is 0.968. The Morgan fingerprint density at radius 3 is 0.913 bits per heavy atom. The monoisotopic (exact) mass is 645 g/mol. The van der Waals surface area contributed by atoms with Gasteiger partial charge >= 0.3 is 0 Å². The molecule has 0 unspecified atom stereocenters. The fourth-order valence-electron chi connectivity index (χ4n) is 7.40. The van der Waals surface area contributed by atoms with Gasteiger partial charge in [-0.15, -0.1) is 0 Å². The fraction of sp³-hybridized carbons (Fsp3) is 0.911. The molecule has 0 aromatic heterocycles. The van der Waals surface area contributed by atoms with Crippen LogP contribution in [0.25, 0.3) is 0 Å². The summed E-state index contributed by atoms with van der Waals surface area (Å²) >= 11 is 0. The molecule has 0 aliphatic rings. The quantitative estimate of drug-likeness (QED) is 0.0356. The van der Waals surface area contributed by atoms with Crippen molar-refractivity contribution in [2.45, 2.75) is 234 Å². The highest BCUT2D eigenvalue weighted by Gasteiger charge is 2.22. The van der Waals surface area contributed by atoms with E-state index in [0.717, 1.165) is 5.92 Å². The molecule has 0 radical (unpaired) electrons. The highest BCUT2D eigenvalue weighted by atomic mass is 15.3. The smallest absolute Gasteiger partial charge is 0.0789 e. The Kier molecular flexibility index (Phi) is 36.8. The molecule has 0 spiro atoms. The number of hydrogen-bond acceptors (Lipinski definition) is 0. The first-order valence-corrected chi connectivity index (χ1v) is 21.8. The van der Waals surface area contributed by atoms with Crippen molar-refractivity contribution in [3.8, 4) is 0 Å². The molecule has 274 valence electrons. The molecule has 0 aliphatic carbocycles. The molecular formula is C45H90N+. The number of nitrogens with zero attached hydrogens (tertiary/aromatic N) is 1. The largest absolute Gasteiger partial charge is 0.324 e. The predicted molar refractivity (Wildman–Crippen MR) is 213 cm³/mol. The summed E-state index contributed by atoms with van der Waals surface area (Å²) in [6.45, 7) is 17.2. The average molecular weight is 645 g/mol. The van der Waals surface area contributed by atoms with Gasteiger partial charge in [-0.05, 0) is 84.5 Å². The maximum atomic E-state index is 2.47. The first-order valence-electron chi connectivity index (χ1n) is 21.8.